The van der Waals surface area contributed by atoms with Crippen LogP contribution in [0.4, 0.5) is 11.4 Å². The highest BCUT2D eigenvalue weighted by atomic mass is 32.2. The van der Waals surface area contributed by atoms with Crippen LogP contribution in [0.5, 0.6) is 11.5 Å². The van der Waals surface area contributed by atoms with E-state index in [2.05, 4.69) is 0 Å². The summed E-state index contributed by atoms with van der Waals surface area (Å²) in [5.74, 6) is 0.448. The first-order valence-electron chi connectivity index (χ1n) is 6.36. The Kier molecular flexibility index (Phi) is 3.06. The molecule has 114 valence electrons. The maximum absolute atomic E-state index is 12.7. The Bertz CT molecular complexity index is 892. The number of rotatable bonds is 1. The van der Waals surface area contributed by atoms with Crippen LogP contribution in [-0.2, 0) is 10.0 Å². The molecule has 0 aromatic heterocycles. The highest BCUT2D eigenvalue weighted by Gasteiger charge is 2.32. The number of aryl methyl sites for hydroxylation is 1. The first kappa shape index (κ1) is 14.3. The van der Waals surface area contributed by atoms with Crippen molar-refractivity contribution in [3.63, 3.8) is 0 Å². The zero-order valence-corrected chi connectivity index (χ0v) is 12.6. The van der Waals surface area contributed by atoms with Crippen LogP contribution in [0.15, 0.2) is 41.3 Å². The van der Waals surface area contributed by atoms with Crippen molar-refractivity contribution < 1.29 is 18.1 Å². The number of anilines is 1. The number of nitro benzene ring substituents is 1. The van der Waals surface area contributed by atoms with E-state index in [1.807, 2.05) is 6.92 Å². The SMILES string of the molecule is Cc1ccc2c(c1)N(C)S(=O)(=O)c1cc([N+](=O)[O-])ccc1O2. The lowest BCUT2D eigenvalue weighted by Crippen LogP contribution is -2.25. The van der Waals surface area contributed by atoms with Gasteiger partial charge in [0.15, 0.2) is 5.75 Å². The molecule has 2 aromatic carbocycles. The van der Waals surface area contributed by atoms with Crippen LogP contribution in [0.2, 0.25) is 0 Å². The number of ether oxygens (including phenoxy) is 1. The van der Waals surface area contributed by atoms with E-state index in [0.717, 1.165) is 15.9 Å². The molecular formula is C14H12N2O5S. The Hall–Kier alpha value is -2.61. The van der Waals surface area contributed by atoms with Crippen LogP contribution in [0.1, 0.15) is 5.56 Å². The molecule has 0 unspecified atom stereocenters. The fourth-order valence-electron chi connectivity index (χ4n) is 2.25. The van der Waals surface area contributed by atoms with Gasteiger partial charge in [0, 0.05) is 19.2 Å². The van der Waals surface area contributed by atoms with Crippen LogP contribution >= 0.6 is 0 Å². The zero-order chi connectivity index (χ0) is 16.1. The lowest BCUT2D eigenvalue weighted by atomic mass is 10.2. The second-order valence-corrected chi connectivity index (χ2v) is 6.87. The zero-order valence-electron chi connectivity index (χ0n) is 11.8. The molecular weight excluding hydrogens is 308 g/mol. The van der Waals surface area contributed by atoms with E-state index in [1.54, 1.807) is 18.2 Å². The summed E-state index contributed by atoms with van der Waals surface area (Å²) in [6.45, 7) is 1.84. The molecule has 7 nitrogen and oxygen atoms in total. The first-order valence-corrected chi connectivity index (χ1v) is 7.80. The Balaban J connectivity index is 2.29. The standard InChI is InChI=1S/C14H12N2O5S/c1-9-3-5-12-11(7-9)15(2)22(19,20)14-8-10(16(17)18)4-6-13(14)21-12/h3-8H,1-2H3. The van der Waals surface area contributed by atoms with Gasteiger partial charge in [-0.15, -0.1) is 0 Å². The summed E-state index contributed by atoms with van der Waals surface area (Å²) in [6, 6.07) is 8.69. The van der Waals surface area contributed by atoms with Crippen LogP contribution in [0, 0.1) is 17.0 Å². The third-order valence-corrected chi connectivity index (χ3v) is 5.24. The summed E-state index contributed by atoms with van der Waals surface area (Å²) in [7, 11) is -2.55. The Labute approximate surface area is 126 Å². The molecule has 0 aliphatic carbocycles. The summed E-state index contributed by atoms with van der Waals surface area (Å²) < 4.78 is 32.1. The van der Waals surface area contributed by atoms with Crippen molar-refractivity contribution in [3.8, 4) is 11.5 Å². The monoisotopic (exact) mass is 320 g/mol. The maximum atomic E-state index is 12.7. The molecule has 0 radical (unpaired) electrons. The topological polar surface area (TPSA) is 89.8 Å². The predicted molar refractivity (Wildman–Crippen MR) is 79.9 cm³/mol. The molecule has 1 aliphatic rings. The second kappa shape index (κ2) is 4.70. The molecule has 0 N–H and O–H groups in total. The van der Waals surface area contributed by atoms with Crippen molar-refractivity contribution in [2.45, 2.75) is 11.8 Å². The minimum atomic E-state index is -3.94. The third-order valence-electron chi connectivity index (χ3n) is 3.45. The number of nitrogens with zero attached hydrogens (tertiary/aromatic N) is 2. The quantitative estimate of drug-likeness (QED) is 0.595. The van der Waals surface area contributed by atoms with Crippen molar-refractivity contribution in [1.29, 1.82) is 0 Å². The number of hydrogen-bond donors (Lipinski definition) is 0. The molecule has 0 spiro atoms. The van der Waals surface area contributed by atoms with Gasteiger partial charge in [-0.05, 0) is 30.7 Å². The average molecular weight is 320 g/mol. The first-order chi connectivity index (χ1) is 10.3. The molecule has 1 aliphatic heterocycles. The molecule has 3 rings (SSSR count). The highest BCUT2D eigenvalue weighted by Crippen LogP contribution is 2.43. The van der Waals surface area contributed by atoms with Gasteiger partial charge in [-0.2, -0.15) is 0 Å². The number of nitro groups is 1. The predicted octanol–water partition coefficient (Wildman–Crippen LogP) is 2.83. The highest BCUT2D eigenvalue weighted by molar-refractivity contribution is 7.93. The van der Waals surface area contributed by atoms with E-state index in [9.17, 15) is 18.5 Å². The molecule has 0 fully saturated rings. The number of benzene rings is 2. The molecule has 0 amide bonds. The summed E-state index contributed by atoms with van der Waals surface area (Å²) >= 11 is 0. The van der Waals surface area contributed by atoms with E-state index in [-0.39, 0.29) is 16.3 Å². The summed E-state index contributed by atoms with van der Waals surface area (Å²) in [5.41, 5.74) is 0.960. The smallest absolute Gasteiger partial charge is 0.271 e. The molecule has 0 saturated carbocycles. The van der Waals surface area contributed by atoms with Crippen molar-refractivity contribution in [3.05, 3.63) is 52.1 Å². The summed E-state index contributed by atoms with van der Waals surface area (Å²) in [6.07, 6.45) is 0. The molecule has 8 heteroatoms. The fourth-order valence-corrected chi connectivity index (χ4v) is 3.58. The van der Waals surface area contributed by atoms with Crippen LogP contribution in [-0.4, -0.2) is 20.4 Å². The lowest BCUT2D eigenvalue weighted by Gasteiger charge is -2.18. The van der Waals surface area contributed by atoms with Crippen LogP contribution in [0.3, 0.4) is 0 Å². The number of sulfonamides is 1. The van der Waals surface area contributed by atoms with E-state index in [4.69, 9.17) is 4.74 Å². The van der Waals surface area contributed by atoms with E-state index >= 15 is 0 Å². The Morgan fingerprint density at radius 1 is 1.14 bits per heavy atom. The van der Waals surface area contributed by atoms with Gasteiger partial charge in [0.1, 0.15) is 10.6 Å². The van der Waals surface area contributed by atoms with Crippen molar-refractivity contribution in [1.82, 2.24) is 0 Å². The molecule has 0 saturated heterocycles. The van der Waals surface area contributed by atoms with Gasteiger partial charge >= 0.3 is 0 Å². The summed E-state index contributed by atoms with van der Waals surface area (Å²) in [5, 5.41) is 10.9. The molecule has 2 aromatic rings. The maximum Gasteiger partial charge on any atom is 0.271 e. The van der Waals surface area contributed by atoms with E-state index < -0.39 is 14.9 Å². The van der Waals surface area contributed by atoms with Crippen LogP contribution < -0.4 is 9.04 Å². The molecule has 0 atom stereocenters. The van der Waals surface area contributed by atoms with Gasteiger partial charge in [0.25, 0.3) is 15.7 Å². The molecule has 1 heterocycles. The molecule has 0 bridgehead atoms. The van der Waals surface area contributed by atoms with Crippen molar-refractivity contribution in [2.75, 3.05) is 11.4 Å². The lowest BCUT2D eigenvalue weighted by molar-refractivity contribution is -0.385. The fraction of sp³-hybridized carbons (Fsp3) is 0.143. The van der Waals surface area contributed by atoms with Gasteiger partial charge < -0.3 is 4.74 Å². The van der Waals surface area contributed by atoms with Crippen molar-refractivity contribution >= 4 is 21.4 Å². The largest absolute Gasteiger partial charge is 0.454 e. The second-order valence-electron chi connectivity index (χ2n) is 4.93. The van der Waals surface area contributed by atoms with E-state index in [1.165, 1.54) is 19.2 Å². The van der Waals surface area contributed by atoms with Gasteiger partial charge in [-0.3, -0.25) is 14.4 Å². The van der Waals surface area contributed by atoms with Crippen molar-refractivity contribution in [2.24, 2.45) is 0 Å². The van der Waals surface area contributed by atoms with Gasteiger partial charge in [-0.1, -0.05) is 6.07 Å². The van der Waals surface area contributed by atoms with E-state index in [0.29, 0.717) is 11.4 Å². The summed E-state index contributed by atoms with van der Waals surface area (Å²) in [4.78, 5) is 10.0. The van der Waals surface area contributed by atoms with Gasteiger partial charge in [0.05, 0.1) is 10.6 Å². The average Bonchev–Trinajstić information content (AvgIpc) is 2.54. The minimum Gasteiger partial charge on any atom is -0.454 e. The Morgan fingerprint density at radius 3 is 2.50 bits per heavy atom. The van der Waals surface area contributed by atoms with Crippen LogP contribution in [0.25, 0.3) is 0 Å². The minimum absolute atomic E-state index is 0.0695. The normalized spacial score (nSPS) is 15.3. The molecule has 22 heavy (non-hydrogen) atoms. The third kappa shape index (κ3) is 2.08. The van der Waals surface area contributed by atoms with Gasteiger partial charge in [-0.25, -0.2) is 8.42 Å². The number of fused-ring (bicyclic) bond motifs is 2. The van der Waals surface area contributed by atoms with Gasteiger partial charge in [0.2, 0.25) is 0 Å². The Morgan fingerprint density at radius 2 is 1.82 bits per heavy atom. The number of hydrogen-bond acceptors (Lipinski definition) is 5. The number of non-ortho nitro benzene ring substituents is 1.